The zero-order valence-corrected chi connectivity index (χ0v) is 19.8. The van der Waals surface area contributed by atoms with Gasteiger partial charge in [-0.2, -0.15) is 0 Å². The molecule has 1 amide bonds. The van der Waals surface area contributed by atoms with Crippen molar-refractivity contribution in [3.63, 3.8) is 0 Å². The van der Waals surface area contributed by atoms with E-state index in [0.717, 1.165) is 16.5 Å². The Morgan fingerprint density at radius 3 is 2.76 bits per heavy atom. The fourth-order valence-corrected chi connectivity index (χ4v) is 4.48. The second kappa shape index (κ2) is 11.0. The van der Waals surface area contributed by atoms with Gasteiger partial charge in [-0.05, 0) is 58.5 Å². The first kappa shape index (κ1) is 23.7. The van der Waals surface area contributed by atoms with E-state index in [1.54, 1.807) is 13.2 Å². The minimum absolute atomic E-state index is 0.00146. The first-order chi connectivity index (χ1) is 13.7. The first-order valence-corrected chi connectivity index (χ1v) is 11.2. The maximum Gasteiger partial charge on any atom is 0.303 e. The minimum Gasteiger partial charge on any atom is -0.493 e. The molecule has 1 saturated heterocycles. The van der Waals surface area contributed by atoms with Crippen molar-refractivity contribution in [3.8, 4) is 11.5 Å². The third-order valence-electron chi connectivity index (χ3n) is 4.14. The number of ether oxygens (including phenoxy) is 2. The van der Waals surface area contributed by atoms with Gasteiger partial charge >= 0.3 is 5.97 Å². The monoisotopic (exact) mass is 501 g/mol. The van der Waals surface area contributed by atoms with E-state index in [1.807, 2.05) is 12.1 Å². The van der Waals surface area contributed by atoms with Crippen molar-refractivity contribution in [3.05, 3.63) is 27.1 Å². The van der Waals surface area contributed by atoms with E-state index in [0.29, 0.717) is 46.2 Å². The number of carboxylic acid groups (broad SMARTS) is 1. The fraction of sp³-hybridized carbons (Fsp3) is 0.450. The molecule has 1 aromatic rings. The number of carbonyl (C=O) groups excluding carboxylic acids is 1. The van der Waals surface area contributed by atoms with Crippen LogP contribution in [0.5, 0.6) is 11.5 Å². The van der Waals surface area contributed by atoms with Crippen LogP contribution in [0.1, 0.15) is 38.7 Å². The molecule has 6 nitrogen and oxygen atoms in total. The van der Waals surface area contributed by atoms with Gasteiger partial charge in [0.05, 0.1) is 23.1 Å². The Morgan fingerprint density at radius 2 is 2.14 bits per heavy atom. The molecule has 0 aromatic heterocycles. The zero-order valence-electron chi connectivity index (χ0n) is 16.6. The van der Waals surface area contributed by atoms with Crippen molar-refractivity contribution in [2.45, 2.75) is 33.1 Å². The molecule has 1 aliphatic rings. The molecule has 0 atom stereocenters. The van der Waals surface area contributed by atoms with E-state index < -0.39 is 5.97 Å². The van der Waals surface area contributed by atoms with Crippen LogP contribution in [0.2, 0.25) is 0 Å². The second-order valence-electron chi connectivity index (χ2n) is 6.90. The Kier molecular flexibility index (Phi) is 8.98. The number of halogens is 1. The van der Waals surface area contributed by atoms with Crippen LogP contribution in [0.3, 0.4) is 0 Å². The van der Waals surface area contributed by atoms with Crippen molar-refractivity contribution in [1.82, 2.24) is 4.90 Å². The van der Waals surface area contributed by atoms with E-state index in [1.165, 1.54) is 16.7 Å². The van der Waals surface area contributed by atoms with E-state index in [9.17, 15) is 9.59 Å². The van der Waals surface area contributed by atoms with Gasteiger partial charge < -0.3 is 14.6 Å². The average molecular weight is 502 g/mol. The standard InChI is InChI=1S/C20H24BrNO5S2/c1-12(2)6-8-27-18-14(21)9-13(10-15(18)26-3)11-16-19(25)22(20(28)29-16)7-4-5-17(23)24/h9-12H,4-8H2,1-3H3,(H,23,24)/b16-11+. The number of hydrogen-bond donors (Lipinski definition) is 1. The lowest BCUT2D eigenvalue weighted by Gasteiger charge is -2.14. The summed E-state index contributed by atoms with van der Waals surface area (Å²) in [5.74, 6) is 0.644. The molecule has 0 saturated carbocycles. The number of hydrogen-bond acceptors (Lipinski definition) is 6. The highest BCUT2D eigenvalue weighted by Gasteiger charge is 2.31. The van der Waals surface area contributed by atoms with Crippen LogP contribution in [0, 0.1) is 5.92 Å². The third-order valence-corrected chi connectivity index (χ3v) is 6.10. The molecular formula is C20H24BrNO5S2. The topological polar surface area (TPSA) is 76.1 Å². The zero-order chi connectivity index (χ0) is 21.6. The van der Waals surface area contributed by atoms with Gasteiger partial charge in [-0.15, -0.1) is 0 Å². The number of rotatable bonds is 10. The molecule has 0 bridgehead atoms. The van der Waals surface area contributed by atoms with Gasteiger partial charge in [0.15, 0.2) is 11.5 Å². The van der Waals surface area contributed by atoms with E-state index in [2.05, 4.69) is 29.8 Å². The highest BCUT2D eigenvalue weighted by atomic mass is 79.9. The molecule has 1 N–H and O–H groups in total. The van der Waals surface area contributed by atoms with Gasteiger partial charge in [0, 0.05) is 13.0 Å². The smallest absolute Gasteiger partial charge is 0.303 e. The molecule has 29 heavy (non-hydrogen) atoms. The van der Waals surface area contributed by atoms with Crippen molar-refractivity contribution in [2.24, 2.45) is 5.92 Å². The number of nitrogens with zero attached hydrogens (tertiary/aromatic N) is 1. The Balaban J connectivity index is 2.16. The lowest BCUT2D eigenvalue weighted by Crippen LogP contribution is -2.29. The lowest BCUT2D eigenvalue weighted by atomic mass is 10.1. The molecule has 0 unspecified atom stereocenters. The maximum atomic E-state index is 12.6. The summed E-state index contributed by atoms with van der Waals surface area (Å²) in [4.78, 5) is 25.3. The Labute approximate surface area is 188 Å². The molecule has 1 heterocycles. The Hall–Kier alpha value is -1.58. The van der Waals surface area contributed by atoms with Crippen molar-refractivity contribution in [1.29, 1.82) is 0 Å². The summed E-state index contributed by atoms with van der Waals surface area (Å²) >= 11 is 10.0. The minimum atomic E-state index is -0.890. The number of amides is 1. The number of benzene rings is 1. The summed E-state index contributed by atoms with van der Waals surface area (Å²) in [5, 5.41) is 8.77. The Bertz CT molecular complexity index is 825. The summed E-state index contributed by atoms with van der Waals surface area (Å²) in [6.07, 6.45) is 3.04. The number of methoxy groups -OCH3 is 1. The largest absolute Gasteiger partial charge is 0.493 e. The van der Waals surface area contributed by atoms with Gasteiger partial charge in [0.1, 0.15) is 4.32 Å². The van der Waals surface area contributed by atoms with Crippen LogP contribution in [0.4, 0.5) is 0 Å². The predicted octanol–water partition coefficient (Wildman–Crippen LogP) is 4.95. The van der Waals surface area contributed by atoms with Crippen LogP contribution in [0.25, 0.3) is 6.08 Å². The maximum absolute atomic E-state index is 12.6. The molecule has 1 fully saturated rings. The molecule has 158 valence electrons. The third kappa shape index (κ3) is 6.72. The normalized spacial score (nSPS) is 15.5. The van der Waals surface area contributed by atoms with Gasteiger partial charge in [0.2, 0.25) is 0 Å². The van der Waals surface area contributed by atoms with Crippen LogP contribution in [0.15, 0.2) is 21.5 Å². The second-order valence-corrected chi connectivity index (χ2v) is 9.43. The average Bonchev–Trinajstić information content (AvgIpc) is 2.90. The van der Waals surface area contributed by atoms with Gasteiger partial charge in [-0.25, -0.2) is 0 Å². The summed E-state index contributed by atoms with van der Waals surface area (Å²) in [7, 11) is 1.57. The van der Waals surface area contributed by atoms with E-state index in [-0.39, 0.29) is 12.3 Å². The quantitative estimate of drug-likeness (QED) is 0.359. The first-order valence-electron chi connectivity index (χ1n) is 9.20. The predicted molar refractivity (Wildman–Crippen MR) is 122 cm³/mol. The SMILES string of the molecule is COc1cc(/C=C2/SC(=S)N(CCCC(=O)O)C2=O)cc(Br)c1OCCC(C)C. The number of carboxylic acids is 1. The summed E-state index contributed by atoms with van der Waals surface area (Å²) in [6.45, 7) is 5.15. The summed E-state index contributed by atoms with van der Waals surface area (Å²) in [5.41, 5.74) is 0.774. The van der Waals surface area contributed by atoms with Gasteiger partial charge in [-0.3, -0.25) is 14.5 Å². The van der Waals surface area contributed by atoms with Crippen molar-refractivity contribution < 1.29 is 24.2 Å². The number of thiocarbonyl (C=S) groups is 1. The highest BCUT2D eigenvalue weighted by Crippen LogP contribution is 2.39. The summed E-state index contributed by atoms with van der Waals surface area (Å²) in [6, 6.07) is 3.68. The lowest BCUT2D eigenvalue weighted by molar-refractivity contribution is -0.137. The fourth-order valence-electron chi connectivity index (χ4n) is 2.59. The molecule has 0 aliphatic carbocycles. The van der Waals surface area contributed by atoms with Gasteiger partial charge in [0.25, 0.3) is 5.91 Å². The molecule has 0 spiro atoms. The molecule has 9 heteroatoms. The summed E-state index contributed by atoms with van der Waals surface area (Å²) < 4.78 is 12.5. The van der Waals surface area contributed by atoms with Gasteiger partial charge in [-0.1, -0.05) is 37.8 Å². The molecular weight excluding hydrogens is 478 g/mol. The van der Waals surface area contributed by atoms with Crippen molar-refractivity contribution >= 4 is 62.2 Å². The molecule has 2 rings (SSSR count). The molecule has 0 radical (unpaired) electrons. The number of thioether (sulfide) groups is 1. The number of aliphatic carboxylic acids is 1. The van der Waals surface area contributed by atoms with Crippen molar-refractivity contribution in [2.75, 3.05) is 20.3 Å². The Morgan fingerprint density at radius 1 is 1.41 bits per heavy atom. The van der Waals surface area contributed by atoms with Crippen LogP contribution >= 0.6 is 39.9 Å². The molecule has 1 aliphatic heterocycles. The van der Waals surface area contributed by atoms with E-state index >= 15 is 0 Å². The van der Waals surface area contributed by atoms with E-state index in [4.69, 9.17) is 26.8 Å². The van der Waals surface area contributed by atoms with Crippen LogP contribution < -0.4 is 9.47 Å². The number of carbonyl (C=O) groups is 2. The van der Waals surface area contributed by atoms with Crippen LogP contribution in [-0.4, -0.2) is 46.5 Å². The molecule has 1 aromatic carbocycles. The highest BCUT2D eigenvalue weighted by molar-refractivity contribution is 9.10. The van der Waals surface area contributed by atoms with Crippen LogP contribution in [-0.2, 0) is 9.59 Å².